The smallest absolute Gasteiger partial charge is 0.230 e. The Morgan fingerprint density at radius 2 is 2.12 bits per heavy atom. The maximum absolute atomic E-state index is 9.53. The van der Waals surface area contributed by atoms with E-state index in [9.17, 15) is 5.21 Å². The van der Waals surface area contributed by atoms with Gasteiger partial charge in [-0.15, -0.1) is 0 Å². The SMILES string of the molecule is Cc1ccc(C(=NCC2CC2)NO)c(Oc2cccc(C(C)C)c2)n1. The van der Waals surface area contributed by atoms with Gasteiger partial charge in [0.1, 0.15) is 5.75 Å². The van der Waals surface area contributed by atoms with Crippen molar-refractivity contribution in [3.8, 4) is 11.6 Å². The number of ether oxygens (including phenoxy) is 1. The van der Waals surface area contributed by atoms with Gasteiger partial charge in [-0.2, -0.15) is 0 Å². The van der Waals surface area contributed by atoms with Crippen molar-refractivity contribution in [3.63, 3.8) is 0 Å². The molecule has 1 aliphatic carbocycles. The predicted octanol–water partition coefficient (Wildman–Crippen LogP) is 4.44. The van der Waals surface area contributed by atoms with Crippen molar-refractivity contribution in [1.29, 1.82) is 0 Å². The molecule has 5 nitrogen and oxygen atoms in total. The van der Waals surface area contributed by atoms with E-state index >= 15 is 0 Å². The molecule has 1 saturated carbocycles. The molecule has 0 aliphatic heterocycles. The molecule has 0 radical (unpaired) electrons. The Labute approximate surface area is 148 Å². The van der Waals surface area contributed by atoms with Gasteiger partial charge in [0.15, 0.2) is 5.84 Å². The van der Waals surface area contributed by atoms with Gasteiger partial charge in [-0.05, 0) is 61.4 Å². The minimum absolute atomic E-state index is 0.398. The second-order valence-corrected chi connectivity index (χ2v) is 6.88. The Bertz CT molecular complexity index is 767. The molecule has 1 heterocycles. The van der Waals surface area contributed by atoms with Gasteiger partial charge >= 0.3 is 0 Å². The van der Waals surface area contributed by atoms with E-state index in [2.05, 4.69) is 35.4 Å². The summed E-state index contributed by atoms with van der Waals surface area (Å²) in [7, 11) is 0. The minimum atomic E-state index is 0.398. The van der Waals surface area contributed by atoms with E-state index in [-0.39, 0.29) is 0 Å². The monoisotopic (exact) mass is 339 g/mol. The van der Waals surface area contributed by atoms with Crippen LogP contribution in [0.2, 0.25) is 0 Å². The van der Waals surface area contributed by atoms with Crippen LogP contribution in [0.25, 0.3) is 0 Å². The number of aromatic nitrogens is 1. The molecule has 0 unspecified atom stereocenters. The van der Waals surface area contributed by atoms with Crippen LogP contribution in [-0.2, 0) is 0 Å². The van der Waals surface area contributed by atoms with E-state index in [0.29, 0.717) is 35.7 Å². The Morgan fingerprint density at radius 3 is 2.80 bits per heavy atom. The van der Waals surface area contributed by atoms with Crippen LogP contribution in [0.1, 0.15) is 49.4 Å². The van der Waals surface area contributed by atoms with Crippen LogP contribution in [0, 0.1) is 12.8 Å². The van der Waals surface area contributed by atoms with Gasteiger partial charge in [0, 0.05) is 12.2 Å². The van der Waals surface area contributed by atoms with Crippen molar-refractivity contribution in [2.24, 2.45) is 10.9 Å². The number of rotatable bonds is 6. The maximum Gasteiger partial charge on any atom is 0.230 e. The van der Waals surface area contributed by atoms with Gasteiger partial charge in [-0.1, -0.05) is 26.0 Å². The Hall–Kier alpha value is -2.40. The third kappa shape index (κ3) is 4.57. The summed E-state index contributed by atoms with van der Waals surface area (Å²) in [6.45, 7) is 6.91. The molecule has 1 fully saturated rings. The molecular weight excluding hydrogens is 314 g/mol. The van der Waals surface area contributed by atoms with Crippen LogP contribution in [0.4, 0.5) is 0 Å². The molecule has 0 amide bonds. The quantitative estimate of drug-likeness (QED) is 0.464. The van der Waals surface area contributed by atoms with Crippen molar-refractivity contribution >= 4 is 5.84 Å². The number of amidine groups is 1. The molecule has 0 saturated heterocycles. The summed E-state index contributed by atoms with van der Waals surface area (Å²) < 4.78 is 6.04. The molecule has 0 spiro atoms. The molecule has 25 heavy (non-hydrogen) atoms. The highest BCUT2D eigenvalue weighted by molar-refractivity contribution is 6.00. The van der Waals surface area contributed by atoms with E-state index in [1.165, 1.54) is 18.4 Å². The first-order chi connectivity index (χ1) is 12.1. The van der Waals surface area contributed by atoms with E-state index in [4.69, 9.17) is 4.74 Å². The first-order valence-electron chi connectivity index (χ1n) is 8.77. The van der Waals surface area contributed by atoms with Crippen LogP contribution in [-0.4, -0.2) is 22.6 Å². The lowest BCUT2D eigenvalue weighted by molar-refractivity contribution is 0.234. The number of aryl methyl sites for hydroxylation is 1. The zero-order valence-corrected chi connectivity index (χ0v) is 15.0. The largest absolute Gasteiger partial charge is 0.438 e. The van der Waals surface area contributed by atoms with Crippen molar-refractivity contribution < 1.29 is 9.94 Å². The predicted molar refractivity (Wildman–Crippen MR) is 98.6 cm³/mol. The molecule has 132 valence electrons. The molecule has 2 aromatic rings. The number of hydrogen-bond acceptors (Lipinski definition) is 4. The summed E-state index contributed by atoms with van der Waals surface area (Å²) >= 11 is 0. The highest BCUT2D eigenvalue weighted by Crippen LogP contribution is 2.30. The molecule has 2 N–H and O–H groups in total. The number of nitrogens with one attached hydrogen (secondary N) is 1. The number of pyridine rings is 1. The lowest BCUT2D eigenvalue weighted by atomic mass is 10.0. The number of aliphatic imine (C=N–C) groups is 1. The van der Waals surface area contributed by atoms with Crippen molar-refractivity contribution in [3.05, 3.63) is 53.2 Å². The van der Waals surface area contributed by atoms with Crippen molar-refractivity contribution in [2.45, 2.75) is 39.5 Å². The molecule has 1 aromatic heterocycles. The van der Waals surface area contributed by atoms with Gasteiger partial charge in [0.05, 0.1) is 5.56 Å². The fraction of sp³-hybridized carbons (Fsp3) is 0.400. The first kappa shape index (κ1) is 17.4. The summed E-state index contributed by atoms with van der Waals surface area (Å²) in [6, 6.07) is 11.8. The number of nitrogens with zero attached hydrogens (tertiary/aromatic N) is 2. The number of hydrogen-bond donors (Lipinski definition) is 2. The van der Waals surface area contributed by atoms with Crippen LogP contribution in [0.15, 0.2) is 41.4 Å². The van der Waals surface area contributed by atoms with E-state index in [1.807, 2.05) is 37.3 Å². The van der Waals surface area contributed by atoms with E-state index in [0.717, 1.165) is 11.4 Å². The third-order valence-electron chi connectivity index (χ3n) is 4.30. The second-order valence-electron chi connectivity index (χ2n) is 6.88. The van der Waals surface area contributed by atoms with Crippen LogP contribution >= 0.6 is 0 Å². The van der Waals surface area contributed by atoms with Gasteiger partial charge in [0.2, 0.25) is 5.88 Å². The van der Waals surface area contributed by atoms with Gasteiger partial charge in [-0.3, -0.25) is 15.7 Å². The van der Waals surface area contributed by atoms with Gasteiger partial charge in [-0.25, -0.2) is 4.98 Å². The fourth-order valence-electron chi connectivity index (χ4n) is 2.54. The average Bonchev–Trinajstić information content (AvgIpc) is 3.41. The standard InChI is InChI=1S/C20H25N3O2/c1-13(2)16-5-4-6-17(11-16)25-20-18(10-7-14(3)22-20)19(23-24)21-12-15-8-9-15/h4-7,10-11,13,15,24H,8-9,12H2,1-3H3,(H,21,23). The van der Waals surface area contributed by atoms with Crippen molar-refractivity contribution in [2.75, 3.05) is 6.54 Å². The van der Waals surface area contributed by atoms with Crippen LogP contribution in [0.3, 0.4) is 0 Å². The maximum atomic E-state index is 9.53. The Morgan fingerprint density at radius 1 is 1.32 bits per heavy atom. The third-order valence-corrected chi connectivity index (χ3v) is 4.30. The Balaban J connectivity index is 1.90. The number of hydroxylamine groups is 1. The zero-order chi connectivity index (χ0) is 17.8. The normalized spacial score (nSPS) is 14.7. The lowest BCUT2D eigenvalue weighted by Gasteiger charge is -2.13. The van der Waals surface area contributed by atoms with E-state index in [1.54, 1.807) is 0 Å². The molecule has 0 atom stereocenters. The summed E-state index contributed by atoms with van der Waals surface area (Å²) in [4.78, 5) is 8.99. The fourth-order valence-corrected chi connectivity index (χ4v) is 2.54. The highest BCUT2D eigenvalue weighted by Gasteiger charge is 2.21. The Kier molecular flexibility index (Phi) is 5.34. The molecule has 3 rings (SSSR count). The molecule has 1 aliphatic rings. The summed E-state index contributed by atoms with van der Waals surface area (Å²) in [5, 5.41) is 9.53. The molecular formula is C20H25N3O2. The lowest BCUT2D eigenvalue weighted by Crippen LogP contribution is -2.22. The molecule has 1 aromatic carbocycles. The second kappa shape index (κ2) is 7.66. The zero-order valence-electron chi connectivity index (χ0n) is 15.0. The van der Waals surface area contributed by atoms with E-state index < -0.39 is 0 Å². The van der Waals surface area contributed by atoms with Gasteiger partial charge < -0.3 is 4.74 Å². The van der Waals surface area contributed by atoms with Crippen LogP contribution in [0.5, 0.6) is 11.6 Å². The van der Waals surface area contributed by atoms with Gasteiger partial charge in [0.25, 0.3) is 0 Å². The average molecular weight is 339 g/mol. The summed E-state index contributed by atoms with van der Waals surface area (Å²) in [5.74, 6) is 2.62. The topological polar surface area (TPSA) is 66.7 Å². The number of benzene rings is 1. The highest BCUT2D eigenvalue weighted by atomic mass is 16.5. The summed E-state index contributed by atoms with van der Waals surface area (Å²) in [5.41, 5.74) is 4.91. The molecule has 0 bridgehead atoms. The molecule has 5 heteroatoms. The first-order valence-corrected chi connectivity index (χ1v) is 8.77. The van der Waals surface area contributed by atoms with Crippen LogP contribution < -0.4 is 10.2 Å². The minimum Gasteiger partial charge on any atom is -0.438 e. The summed E-state index contributed by atoms with van der Waals surface area (Å²) in [6.07, 6.45) is 2.42. The van der Waals surface area contributed by atoms with Crippen molar-refractivity contribution in [1.82, 2.24) is 10.5 Å².